The fraction of sp³-hybridized carbons (Fsp3) is 0.647. The molecule has 1 aromatic rings. The van der Waals surface area contributed by atoms with Crippen LogP contribution in [-0.2, 0) is 6.54 Å². The molecule has 0 bridgehead atoms. The van der Waals surface area contributed by atoms with E-state index in [9.17, 15) is 8.78 Å². The van der Waals surface area contributed by atoms with E-state index in [-0.39, 0.29) is 11.9 Å². The van der Waals surface area contributed by atoms with Gasteiger partial charge in [0.25, 0.3) is 0 Å². The molecule has 0 amide bonds. The Balaban J connectivity index is 2.05. The highest BCUT2D eigenvalue weighted by Crippen LogP contribution is 2.32. The lowest BCUT2D eigenvalue weighted by atomic mass is 9.85. The van der Waals surface area contributed by atoms with Gasteiger partial charge in [-0.1, -0.05) is 26.7 Å². The Kier molecular flexibility index (Phi) is 5.97. The lowest BCUT2D eigenvalue weighted by Gasteiger charge is -2.29. The van der Waals surface area contributed by atoms with Crippen molar-refractivity contribution in [2.75, 3.05) is 6.54 Å². The van der Waals surface area contributed by atoms with Crippen LogP contribution in [0.15, 0.2) is 12.1 Å². The Morgan fingerprint density at radius 2 is 1.90 bits per heavy atom. The number of ether oxygens (including phenoxy) is 1. The van der Waals surface area contributed by atoms with Gasteiger partial charge in [-0.3, -0.25) is 0 Å². The van der Waals surface area contributed by atoms with Crippen molar-refractivity contribution < 1.29 is 13.5 Å². The molecule has 2 nitrogen and oxygen atoms in total. The molecule has 1 N–H and O–H groups in total. The van der Waals surface area contributed by atoms with E-state index in [1.807, 2.05) is 6.92 Å². The zero-order chi connectivity index (χ0) is 15.2. The van der Waals surface area contributed by atoms with Crippen LogP contribution < -0.4 is 10.1 Å². The Labute approximate surface area is 125 Å². The van der Waals surface area contributed by atoms with E-state index in [1.54, 1.807) is 0 Å². The number of benzene rings is 1. The molecule has 2 unspecified atom stereocenters. The molecule has 1 aliphatic rings. The van der Waals surface area contributed by atoms with Crippen LogP contribution in [0.5, 0.6) is 5.75 Å². The van der Waals surface area contributed by atoms with Crippen LogP contribution in [0, 0.1) is 17.6 Å². The van der Waals surface area contributed by atoms with Gasteiger partial charge in [-0.15, -0.1) is 0 Å². The van der Waals surface area contributed by atoms with Crippen molar-refractivity contribution >= 4 is 0 Å². The maximum Gasteiger partial charge on any atom is 0.191 e. The Bertz CT molecular complexity index is 441. The second-order valence-electron chi connectivity index (χ2n) is 5.85. The highest BCUT2D eigenvalue weighted by Gasteiger charge is 2.24. The molecule has 0 aliphatic heterocycles. The Morgan fingerprint density at radius 1 is 1.19 bits per heavy atom. The largest absolute Gasteiger partial charge is 0.484 e. The number of nitrogens with one attached hydrogen (secondary N) is 1. The van der Waals surface area contributed by atoms with Gasteiger partial charge in [0.05, 0.1) is 6.10 Å². The van der Waals surface area contributed by atoms with Gasteiger partial charge in [0.15, 0.2) is 17.4 Å². The molecular weight excluding hydrogens is 272 g/mol. The first kappa shape index (κ1) is 16.2. The predicted molar refractivity (Wildman–Crippen MR) is 80.4 cm³/mol. The van der Waals surface area contributed by atoms with E-state index in [0.29, 0.717) is 18.0 Å². The topological polar surface area (TPSA) is 21.3 Å². The molecular formula is C17H25F2NO. The number of hydrogen-bond acceptors (Lipinski definition) is 2. The fourth-order valence-electron chi connectivity index (χ4n) is 2.98. The first-order chi connectivity index (χ1) is 10.1. The first-order valence-corrected chi connectivity index (χ1v) is 7.99. The summed E-state index contributed by atoms with van der Waals surface area (Å²) in [5, 5.41) is 3.06. The first-order valence-electron chi connectivity index (χ1n) is 7.99. The number of hydrogen-bond donors (Lipinski definition) is 1. The van der Waals surface area contributed by atoms with E-state index in [4.69, 9.17) is 4.74 Å². The summed E-state index contributed by atoms with van der Waals surface area (Å²) in [5.74, 6) is -0.789. The van der Waals surface area contributed by atoms with Crippen molar-refractivity contribution in [3.05, 3.63) is 29.3 Å². The van der Waals surface area contributed by atoms with Crippen LogP contribution >= 0.6 is 0 Å². The summed E-state index contributed by atoms with van der Waals surface area (Å²) in [6.45, 7) is 5.34. The molecule has 1 saturated carbocycles. The van der Waals surface area contributed by atoms with Crippen molar-refractivity contribution in [3.8, 4) is 5.75 Å². The minimum absolute atomic E-state index is 0.0627. The molecule has 0 saturated heterocycles. The maximum atomic E-state index is 14.1. The van der Waals surface area contributed by atoms with Crippen molar-refractivity contribution in [2.24, 2.45) is 5.92 Å². The quantitative estimate of drug-likeness (QED) is 0.839. The van der Waals surface area contributed by atoms with Crippen LogP contribution in [0.3, 0.4) is 0 Å². The second-order valence-corrected chi connectivity index (χ2v) is 5.85. The fourth-order valence-corrected chi connectivity index (χ4v) is 2.98. The maximum absolute atomic E-state index is 14.1. The molecule has 2 rings (SSSR count). The molecule has 0 heterocycles. The van der Waals surface area contributed by atoms with Crippen molar-refractivity contribution in [1.82, 2.24) is 5.32 Å². The lowest BCUT2D eigenvalue weighted by molar-refractivity contribution is 0.112. The minimum Gasteiger partial charge on any atom is -0.484 e. The summed E-state index contributed by atoms with van der Waals surface area (Å²) in [4.78, 5) is 0. The molecule has 0 aromatic heterocycles. The second kappa shape index (κ2) is 7.74. The summed E-state index contributed by atoms with van der Waals surface area (Å²) in [7, 11) is 0. The predicted octanol–water partition coefficient (Wildman–Crippen LogP) is 4.42. The molecule has 1 aromatic carbocycles. The van der Waals surface area contributed by atoms with Gasteiger partial charge in [0, 0.05) is 6.54 Å². The summed E-state index contributed by atoms with van der Waals surface area (Å²) in [5.41, 5.74) is 0.606. The van der Waals surface area contributed by atoms with Gasteiger partial charge < -0.3 is 10.1 Å². The van der Waals surface area contributed by atoms with Crippen molar-refractivity contribution in [2.45, 2.75) is 58.6 Å². The third-order valence-corrected chi connectivity index (χ3v) is 4.23. The molecule has 1 aliphatic carbocycles. The summed E-state index contributed by atoms with van der Waals surface area (Å²) in [6, 6.07) is 2.72. The van der Waals surface area contributed by atoms with Gasteiger partial charge in [-0.2, -0.15) is 0 Å². The Hall–Kier alpha value is -1.16. The molecule has 1 fully saturated rings. The van der Waals surface area contributed by atoms with Crippen LogP contribution in [0.25, 0.3) is 0 Å². The van der Waals surface area contributed by atoms with E-state index in [2.05, 4.69) is 12.2 Å². The normalized spacial score (nSPS) is 22.3. The molecule has 4 heteroatoms. The molecule has 0 spiro atoms. The molecule has 21 heavy (non-hydrogen) atoms. The van der Waals surface area contributed by atoms with E-state index in [0.717, 1.165) is 32.2 Å². The number of rotatable bonds is 6. The van der Waals surface area contributed by atoms with Crippen LogP contribution in [0.2, 0.25) is 0 Å². The van der Waals surface area contributed by atoms with Crippen LogP contribution in [0.1, 0.15) is 51.5 Å². The standard InChI is InChI=1S/C17H25F2NO/c1-3-12-6-5-7-14(8-12)21-17-15(18)9-13(10-16(17)19)11-20-4-2/h9-10,12,14,20H,3-8,11H2,1-2H3. The lowest BCUT2D eigenvalue weighted by Crippen LogP contribution is -2.26. The SMILES string of the molecule is CCNCc1cc(F)c(OC2CCCC(CC)C2)c(F)c1. The van der Waals surface area contributed by atoms with Crippen molar-refractivity contribution in [1.29, 1.82) is 0 Å². The summed E-state index contributed by atoms with van der Waals surface area (Å²) in [6.07, 6.45) is 5.09. The average Bonchev–Trinajstić information content (AvgIpc) is 2.49. The van der Waals surface area contributed by atoms with Crippen molar-refractivity contribution in [3.63, 3.8) is 0 Å². The minimum atomic E-state index is -0.596. The smallest absolute Gasteiger partial charge is 0.191 e. The molecule has 2 atom stereocenters. The van der Waals surface area contributed by atoms with Gasteiger partial charge in [-0.25, -0.2) is 8.78 Å². The molecule has 118 valence electrons. The summed E-state index contributed by atoms with van der Waals surface area (Å²) < 4.78 is 33.8. The van der Waals surface area contributed by atoms with E-state index >= 15 is 0 Å². The van der Waals surface area contributed by atoms with Gasteiger partial charge in [-0.05, 0) is 49.4 Å². The third-order valence-electron chi connectivity index (χ3n) is 4.23. The van der Waals surface area contributed by atoms with Crippen LogP contribution in [-0.4, -0.2) is 12.6 Å². The Morgan fingerprint density at radius 3 is 2.52 bits per heavy atom. The zero-order valence-corrected chi connectivity index (χ0v) is 12.9. The van der Waals surface area contributed by atoms with Crippen LogP contribution in [0.4, 0.5) is 8.78 Å². The van der Waals surface area contributed by atoms with Gasteiger partial charge >= 0.3 is 0 Å². The monoisotopic (exact) mass is 297 g/mol. The summed E-state index contributed by atoms with van der Waals surface area (Å²) >= 11 is 0. The zero-order valence-electron chi connectivity index (χ0n) is 12.9. The van der Waals surface area contributed by atoms with E-state index < -0.39 is 11.6 Å². The average molecular weight is 297 g/mol. The van der Waals surface area contributed by atoms with Gasteiger partial charge in [0.2, 0.25) is 0 Å². The highest BCUT2D eigenvalue weighted by atomic mass is 19.1. The van der Waals surface area contributed by atoms with E-state index in [1.165, 1.54) is 18.6 Å². The molecule has 0 radical (unpaired) electrons. The third kappa shape index (κ3) is 4.40. The number of halogens is 2. The highest BCUT2D eigenvalue weighted by molar-refractivity contribution is 5.31. The van der Waals surface area contributed by atoms with Gasteiger partial charge in [0.1, 0.15) is 0 Å².